The molecule has 0 saturated carbocycles. The molecule has 0 aliphatic rings. The quantitative estimate of drug-likeness (QED) is 0.400. The van der Waals surface area contributed by atoms with Crippen molar-refractivity contribution in [2.24, 2.45) is 7.05 Å². The van der Waals surface area contributed by atoms with Gasteiger partial charge in [0.15, 0.2) is 0 Å². The zero-order valence-corrected chi connectivity index (χ0v) is 14.2. The third kappa shape index (κ3) is 3.66. The summed E-state index contributed by atoms with van der Waals surface area (Å²) in [5, 5.41) is 12.0. The number of aryl methyl sites for hydroxylation is 1. The van der Waals surface area contributed by atoms with Crippen LogP contribution in [0.15, 0.2) is 54.6 Å². The minimum absolute atomic E-state index is 0.0912. The summed E-state index contributed by atoms with van der Waals surface area (Å²) >= 11 is 0. The molecule has 126 valence electrons. The highest BCUT2D eigenvalue weighted by atomic mass is 16.6. The highest BCUT2D eigenvalue weighted by Crippen LogP contribution is 2.20. The van der Waals surface area contributed by atoms with Gasteiger partial charge in [0.1, 0.15) is 12.8 Å². The number of non-ortho nitro benzene ring substituents is 1. The Bertz CT molecular complexity index is 964. The van der Waals surface area contributed by atoms with Crippen LogP contribution in [-0.4, -0.2) is 11.5 Å². The third-order valence-corrected chi connectivity index (χ3v) is 4.02. The van der Waals surface area contributed by atoms with Gasteiger partial charge in [0, 0.05) is 30.3 Å². The van der Waals surface area contributed by atoms with Crippen LogP contribution in [0.4, 0.5) is 5.69 Å². The summed E-state index contributed by atoms with van der Waals surface area (Å²) in [7, 11) is 2.00. The molecule has 0 aliphatic carbocycles. The molecule has 0 fully saturated rings. The number of nitro groups is 1. The maximum absolute atomic E-state index is 10.9. The number of fused-ring (bicyclic) bond motifs is 1. The van der Waals surface area contributed by atoms with Crippen molar-refractivity contribution in [3.63, 3.8) is 0 Å². The lowest BCUT2D eigenvalue weighted by Crippen LogP contribution is -2.32. The molecule has 0 spiro atoms. The van der Waals surface area contributed by atoms with Crippen molar-refractivity contribution in [1.82, 2.24) is 0 Å². The van der Waals surface area contributed by atoms with Crippen molar-refractivity contribution in [1.29, 1.82) is 0 Å². The first-order chi connectivity index (χ1) is 12.1. The van der Waals surface area contributed by atoms with Gasteiger partial charge >= 0.3 is 0 Å². The van der Waals surface area contributed by atoms with E-state index in [9.17, 15) is 10.1 Å². The van der Waals surface area contributed by atoms with Crippen molar-refractivity contribution < 1.29 is 14.2 Å². The Kier molecular flexibility index (Phi) is 4.75. The van der Waals surface area contributed by atoms with Crippen LogP contribution in [0.1, 0.15) is 18.2 Å². The largest absolute Gasteiger partial charge is 0.494 e. The molecule has 5 nitrogen and oxygen atoms in total. The van der Waals surface area contributed by atoms with Gasteiger partial charge in [-0.25, -0.2) is 0 Å². The number of ether oxygens (including phenoxy) is 1. The number of hydrogen-bond donors (Lipinski definition) is 0. The van der Waals surface area contributed by atoms with Gasteiger partial charge in [-0.3, -0.25) is 10.1 Å². The molecule has 1 aromatic heterocycles. The number of hydrogen-bond acceptors (Lipinski definition) is 3. The fourth-order valence-electron chi connectivity index (χ4n) is 2.75. The smallest absolute Gasteiger partial charge is 0.270 e. The lowest BCUT2D eigenvalue weighted by atomic mass is 10.1. The minimum Gasteiger partial charge on any atom is -0.494 e. The van der Waals surface area contributed by atoms with Gasteiger partial charge in [-0.2, -0.15) is 4.57 Å². The first-order valence-corrected chi connectivity index (χ1v) is 8.06. The van der Waals surface area contributed by atoms with E-state index >= 15 is 0 Å². The molecule has 2 aromatic carbocycles. The molecule has 5 heteroatoms. The van der Waals surface area contributed by atoms with Gasteiger partial charge < -0.3 is 4.74 Å². The zero-order valence-electron chi connectivity index (χ0n) is 14.2. The van der Waals surface area contributed by atoms with E-state index in [1.165, 1.54) is 6.07 Å². The van der Waals surface area contributed by atoms with E-state index in [1.54, 1.807) is 12.1 Å². The number of benzene rings is 2. The highest BCUT2D eigenvalue weighted by Gasteiger charge is 2.10. The Balaban J connectivity index is 1.93. The SMILES string of the molecule is CCOc1ccc2c(ccc(/C=C\c3cccc([N+](=O)[O-])c3)[n+]2C)c1. The molecule has 0 unspecified atom stereocenters. The third-order valence-electron chi connectivity index (χ3n) is 4.02. The fourth-order valence-corrected chi connectivity index (χ4v) is 2.75. The molecule has 0 bridgehead atoms. The van der Waals surface area contributed by atoms with Gasteiger partial charge in [-0.15, -0.1) is 0 Å². The summed E-state index contributed by atoms with van der Waals surface area (Å²) in [5.74, 6) is 0.856. The van der Waals surface area contributed by atoms with Crippen LogP contribution in [0.2, 0.25) is 0 Å². The van der Waals surface area contributed by atoms with Crippen LogP contribution in [0, 0.1) is 10.1 Å². The van der Waals surface area contributed by atoms with Gasteiger partial charge in [0.25, 0.3) is 5.69 Å². The van der Waals surface area contributed by atoms with E-state index in [0.717, 1.165) is 27.9 Å². The highest BCUT2D eigenvalue weighted by molar-refractivity contribution is 5.79. The Morgan fingerprint density at radius 2 is 1.96 bits per heavy atom. The molecule has 25 heavy (non-hydrogen) atoms. The molecule has 0 amide bonds. The standard InChI is InChI=1S/C20H19N2O3/c1-3-25-19-11-12-20-16(14-19)8-10-17(21(20)2)9-7-15-5-4-6-18(13-15)22(23)24/h4-14H,3H2,1-2H3/q+1/b9-7-. The predicted molar refractivity (Wildman–Crippen MR) is 98.3 cm³/mol. The van der Waals surface area contributed by atoms with Crippen LogP contribution in [0.3, 0.4) is 0 Å². The predicted octanol–water partition coefficient (Wildman–Crippen LogP) is 4.14. The molecule has 0 N–H and O–H groups in total. The van der Waals surface area contributed by atoms with E-state index in [-0.39, 0.29) is 10.6 Å². The maximum atomic E-state index is 10.9. The summed E-state index contributed by atoms with van der Waals surface area (Å²) in [6, 6.07) is 16.7. The van der Waals surface area contributed by atoms with E-state index in [1.807, 2.05) is 62.5 Å². The number of aromatic nitrogens is 1. The topological polar surface area (TPSA) is 56.3 Å². The molecular weight excluding hydrogens is 316 g/mol. The first-order valence-electron chi connectivity index (χ1n) is 8.06. The monoisotopic (exact) mass is 335 g/mol. The molecule has 0 atom stereocenters. The average molecular weight is 335 g/mol. The Morgan fingerprint density at radius 3 is 2.72 bits per heavy atom. The van der Waals surface area contributed by atoms with Crippen molar-refractivity contribution in [3.8, 4) is 5.75 Å². The van der Waals surface area contributed by atoms with Gasteiger partial charge in [0.05, 0.1) is 16.9 Å². The Morgan fingerprint density at radius 1 is 1.12 bits per heavy atom. The van der Waals surface area contributed by atoms with Gasteiger partial charge in [-0.1, -0.05) is 12.1 Å². The maximum Gasteiger partial charge on any atom is 0.270 e. The Labute approximate surface area is 146 Å². The molecule has 0 aliphatic heterocycles. The fraction of sp³-hybridized carbons (Fsp3) is 0.150. The van der Waals surface area contributed by atoms with E-state index in [0.29, 0.717) is 6.61 Å². The van der Waals surface area contributed by atoms with E-state index in [2.05, 4.69) is 4.57 Å². The summed E-state index contributed by atoms with van der Waals surface area (Å²) in [6.45, 7) is 2.60. The summed E-state index contributed by atoms with van der Waals surface area (Å²) in [6.07, 6.45) is 3.83. The van der Waals surface area contributed by atoms with E-state index < -0.39 is 0 Å². The van der Waals surface area contributed by atoms with Crippen molar-refractivity contribution >= 4 is 28.7 Å². The molecule has 3 aromatic rings. The molecule has 3 rings (SSSR count). The first kappa shape index (κ1) is 16.6. The molecule has 1 heterocycles. The second-order valence-electron chi connectivity index (χ2n) is 5.66. The summed E-state index contributed by atoms with van der Waals surface area (Å²) in [4.78, 5) is 10.5. The van der Waals surface area contributed by atoms with Crippen molar-refractivity contribution in [2.45, 2.75) is 6.92 Å². The van der Waals surface area contributed by atoms with Gasteiger partial charge in [0.2, 0.25) is 11.2 Å². The normalized spacial score (nSPS) is 11.1. The van der Waals surface area contributed by atoms with Crippen LogP contribution >= 0.6 is 0 Å². The molecular formula is C20H19N2O3+. The number of rotatable bonds is 5. The molecule has 0 radical (unpaired) electrons. The zero-order chi connectivity index (χ0) is 17.8. The van der Waals surface area contributed by atoms with E-state index in [4.69, 9.17) is 4.74 Å². The van der Waals surface area contributed by atoms with Crippen molar-refractivity contribution in [3.05, 3.63) is 76.0 Å². The second kappa shape index (κ2) is 7.13. The second-order valence-corrected chi connectivity index (χ2v) is 5.66. The van der Waals surface area contributed by atoms with Crippen LogP contribution in [0.25, 0.3) is 23.1 Å². The number of pyridine rings is 1. The number of nitro benzene ring substituents is 1. The average Bonchev–Trinajstić information content (AvgIpc) is 2.62. The van der Waals surface area contributed by atoms with Crippen LogP contribution in [-0.2, 0) is 7.05 Å². The van der Waals surface area contributed by atoms with Gasteiger partial charge in [-0.05, 0) is 36.8 Å². The minimum atomic E-state index is -0.386. The molecule has 0 saturated heterocycles. The van der Waals surface area contributed by atoms with Crippen LogP contribution in [0.5, 0.6) is 5.75 Å². The lowest BCUT2D eigenvalue weighted by molar-refractivity contribution is -0.646. The summed E-state index contributed by atoms with van der Waals surface area (Å²) < 4.78 is 7.62. The number of nitrogens with zero attached hydrogens (tertiary/aromatic N) is 2. The van der Waals surface area contributed by atoms with Crippen LogP contribution < -0.4 is 9.30 Å². The Hall–Kier alpha value is -3.21. The summed E-state index contributed by atoms with van der Waals surface area (Å²) in [5.41, 5.74) is 2.97. The lowest BCUT2D eigenvalue weighted by Gasteiger charge is -2.04. The van der Waals surface area contributed by atoms with Crippen molar-refractivity contribution in [2.75, 3.05) is 6.61 Å².